The van der Waals surface area contributed by atoms with Gasteiger partial charge in [0.1, 0.15) is 5.75 Å². The van der Waals surface area contributed by atoms with E-state index < -0.39 is 0 Å². The second-order valence-electron chi connectivity index (χ2n) is 9.59. The Morgan fingerprint density at radius 1 is 1.09 bits per heavy atom. The fourth-order valence-electron chi connectivity index (χ4n) is 4.79. The second-order valence-corrected chi connectivity index (χ2v) is 10.6. The molecule has 1 unspecified atom stereocenters. The van der Waals surface area contributed by atoms with E-state index in [1.807, 2.05) is 41.3 Å². The van der Waals surface area contributed by atoms with Crippen LogP contribution in [0, 0.1) is 12.8 Å². The number of fused-ring (bicyclic) bond motifs is 1. The Balaban J connectivity index is 1.56. The second kappa shape index (κ2) is 11.1. The van der Waals surface area contributed by atoms with Crippen molar-refractivity contribution < 1.29 is 14.3 Å². The van der Waals surface area contributed by atoms with E-state index in [9.17, 15) is 9.59 Å². The highest BCUT2D eigenvalue weighted by molar-refractivity contribution is 7.10. The highest BCUT2D eigenvalue weighted by Crippen LogP contribution is 2.39. The number of thiophene rings is 1. The van der Waals surface area contributed by atoms with Crippen LogP contribution in [0.4, 0.5) is 0 Å². The Kier molecular flexibility index (Phi) is 7.91. The molecule has 0 saturated carbocycles. The number of hydrogen-bond donors (Lipinski definition) is 0. The Labute approximate surface area is 212 Å². The van der Waals surface area contributed by atoms with Gasteiger partial charge in [0.25, 0.3) is 0 Å². The van der Waals surface area contributed by atoms with Crippen LogP contribution in [0.2, 0.25) is 0 Å². The molecular formula is C29H34N2O3S. The van der Waals surface area contributed by atoms with Gasteiger partial charge in [-0.05, 0) is 65.1 Å². The molecule has 0 N–H and O–H groups in total. The number of methoxy groups -OCH3 is 1. The summed E-state index contributed by atoms with van der Waals surface area (Å²) in [6.07, 6.45) is 1.12. The van der Waals surface area contributed by atoms with Crippen LogP contribution >= 0.6 is 11.3 Å². The largest absolute Gasteiger partial charge is 0.497 e. The van der Waals surface area contributed by atoms with Crippen molar-refractivity contribution in [1.29, 1.82) is 0 Å². The summed E-state index contributed by atoms with van der Waals surface area (Å²) in [6.45, 7) is 7.55. The molecule has 6 heteroatoms. The summed E-state index contributed by atoms with van der Waals surface area (Å²) in [6, 6.07) is 17.9. The predicted molar refractivity (Wildman–Crippen MR) is 141 cm³/mol. The van der Waals surface area contributed by atoms with Crippen LogP contribution in [-0.2, 0) is 22.4 Å². The van der Waals surface area contributed by atoms with E-state index in [2.05, 4.69) is 44.4 Å². The molecule has 0 radical (unpaired) electrons. The molecule has 0 bridgehead atoms. The van der Waals surface area contributed by atoms with Gasteiger partial charge in [0, 0.05) is 18.0 Å². The zero-order chi connectivity index (χ0) is 24.9. The minimum Gasteiger partial charge on any atom is -0.497 e. The van der Waals surface area contributed by atoms with Crippen LogP contribution in [0.3, 0.4) is 0 Å². The quantitative estimate of drug-likeness (QED) is 0.432. The van der Waals surface area contributed by atoms with Crippen molar-refractivity contribution in [2.75, 3.05) is 26.7 Å². The van der Waals surface area contributed by atoms with E-state index >= 15 is 0 Å². The third-order valence-corrected chi connectivity index (χ3v) is 7.54. The van der Waals surface area contributed by atoms with Crippen molar-refractivity contribution in [2.45, 2.75) is 39.7 Å². The van der Waals surface area contributed by atoms with E-state index in [0.717, 1.165) is 23.3 Å². The van der Waals surface area contributed by atoms with Crippen LogP contribution in [0.1, 0.15) is 47.0 Å². The first-order valence-corrected chi connectivity index (χ1v) is 13.1. The third kappa shape index (κ3) is 5.76. The molecule has 35 heavy (non-hydrogen) atoms. The lowest BCUT2D eigenvalue weighted by Crippen LogP contribution is -2.48. The minimum atomic E-state index is -0.115. The zero-order valence-electron chi connectivity index (χ0n) is 21.0. The Hall–Kier alpha value is -3.12. The zero-order valence-corrected chi connectivity index (χ0v) is 21.8. The fraction of sp³-hybridized carbons (Fsp3) is 0.379. The van der Waals surface area contributed by atoms with Crippen LogP contribution < -0.4 is 4.74 Å². The average molecular weight is 491 g/mol. The fourth-order valence-corrected chi connectivity index (χ4v) is 5.70. The Morgan fingerprint density at radius 3 is 2.51 bits per heavy atom. The maximum atomic E-state index is 13.8. The average Bonchev–Trinajstić information content (AvgIpc) is 3.32. The molecule has 2 amide bonds. The standard InChI is InChI=1S/C29H34N2O3S/c1-20(2)18-30(27(32)17-22-9-11-23(34-4)12-10-22)19-28(33)31-15-13-26-25(14-16-35-26)29(31)24-8-6-5-7-21(24)3/h5-12,14,16,20,29H,13,15,17-19H2,1-4H3. The number of rotatable bonds is 8. The minimum absolute atomic E-state index is 0.00108. The lowest BCUT2D eigenvalue weighted by Gasteiger charge is -2.38. The van der Waals surface area contributed by atoms with Gasteiger partial charge in [0.05, 0.1) is 26.1 Å². The normalized spacial score (nSPS) is 15.1. The van der Waals surface area contributed by atoms with Crippen molar-refractivity contribution in [2.24, 2.45) is 5.92 Å². The molecule has 1 aromatic heterocycles. The van der Waals surface area contributed by atoms with E-state index in [4.69, 9.17) is 4.74 Å². The van der Waals surface area contributed by atoms with Crippen LogP contribution in [0.15, 0.2) is 60.0 Å². The summed E-state index contributed by atoms with van der Waals surface area (Å²) in [4.78, 5) is 32.1. The topological polar surface area (TPSA) is 49.9 Å². The molecule has 2 aromatic carbocycles. The van der Waals surface area contributed by atoms with Gasteiger partial charge < -0.3 is 14.5 Å². The number of carbonyl (C=O) groups is 2. The van der Waals surface area contributed by atoms with Crippen LogP contribution in [0.5, 0.6) is 5.75 Å². The van der Waals surface area contributed by atoms with Crippen molar-refractivity contribution in [3.05, 3.63) is 87.1 Å². The monoisotopic (exact) mass is 490 g/mol. The maximum absolute atomic E-state index is 13.8. The highest BCUT2D eigenvalue weighted by atomic mass is 32.1. The van der Waals surface area contributed by atoms with Crippen LogP contribution in [0.25, 0.3) is 0 Å². The summed E-state index contributed by atoms with van der Waals surface area (Å²) in [5.74, 6) is 0.992. The van der Waals surface area contributed by atoms with Gasteiger partial charge >= 0.3 is 0 Å². The van der Waals surface area contributed by atoms with Gasteiger partial charge in [0.2, 0.25) is 11.8 Å². The van der Waals surface area contributed by atoms with Gasteiger partial charge in [-0.25, -0.2) is 0 Å². The molecule has 0 spiro atoms. The highest BCUT2D eigenvalue weighted by Gasteiger charge is 2.34. The van der Waals surface area contributed by atoms with E-state index in [1.165, 1.54) is 16.0 Å². The smallest absolute Gasteiger partial charge is 0.242 e. The SMILES string of the molecule is COc1ccc(CC(=O)N(CC(=O)N2CCc3sccc3C2c2ccccc2C)CC(C)C)cc1. The van der Waals surface area contributed by atoms with Gasteiger partial charge in [-0.2, -0.15) is 0 Å². The number of carbonyl (C=O) groups excluding carboxylic acids is 2. The van der Waals surface area contributed by atoms with E-state index in [-0.39, 0.29) is 36.7 Å². The molecule has 3 aromatic rings. The first-order valence-electron chi connectivity index (χ1n) is 12.2. The number of aryl methyl sites for hydroxylation is 1. The molecule has 184 valence electrons. The van der Waals surface area contributed by atoms with Gasteiger partial charge in [-0.3, -0.25) is 9.59 Å². The maximum Gasteiger partial charge on any atom is 0.242 e. The molecule has 0 aliphatic carbocycles. The van der Waals surface area contributed by atoms with Gasteiger partial charge in [-0.1, -0.05) is 50.2 Å². The summed E-state index contributed by atoms with van der Waals surface area (Å²) >= 11 is 1.76. The van der Waals surface area contributed by atoms with E-state index in [0.29, 0.717) is 13.1 Å². The lowest BCUT2D eigenvalue weighted by atomic mass is 9.90. The molecule has 0 fully saturated rings. The summed E-state index contributed by atoms with van der Waals surface area (Å²) in [5, 5.41) is 2.12. The molecule has 0 saturated heterocycles. The van der Waals surface area contributed by atoms with Crippen molar-refractivity contribution in [1.82, 2.24) is 9.80 Å². The number of nitrogens with zero attached hydrogens (tertiary/aromatic N) is 2. The summed E-state index contributed by atoms with van der Waals surface area (Å²) in [5.41, 5.74) is 4.45. The van der Waals surface area contributed by atoms with Crippen molar-refractivity contribution in [3.8, 4) is 5.75 Å². The molecule has 1 aliphatic heterocycles. The van der Waals surface area contributed by atoms with E-state index in [1.54, 1.807) is 23.3 Å². The van der Waals surface area contributed by atoms with Gasteiger partial charge in [-0.15, -0.1) is 11.3 Å². The van der Waals surface area contributed by atoms with Crippen molar-refractivity contribution in [3.63, 3.8) is 0 Å². The Morgan fingerprint density at radius 2 is 1.83 bits per heavy atom. The summed E-state index contributed by atoms with van der Waals surface area (Å²) < 4.78 is 5.22. The third-order valence-electron chi connectivity index (χ3n) is 6.55. The number of ether oxygens (including phenoxy) is 1. The molecular weight excluding hydrogens is 456 g/mol. The van der Waals surface area contributed by atoms with Crippen LogP contribution in [-0.4, -0.2) is 48.4 Å². The van der Waals surface area contributed by atoms with Gasteiger partial charge in [0.15, 0.2) is 0 Å². The first-order chi connectivity index (χ1) is 16.9. The predicted octanol–water partition coefficient (Wildman–Crippen LogP) is 5.27. The number of benzene rings is 2. The lowest BCUT2D eigenvalue weighted by molar-refractivity contribution is -0.141. The summed E-state index contributed by atoms with van der Waals surface area (Å²) in [7, 11) is 1.62. The first kappa shape index (κ1) is 25.0. The molecule has 5 nitrogen and oxygen atoms in total. The molecule has 2 heterocycles. The Bertz CT molecular complexity index is 1170. The number of amides is 2. The number of hydrogen-bond acceptors (Lipinski definition) is 4. The molecule has 4 rings (SSSR count). The van der Waals surface area contributed by atoms with Crippen molar-refractivity contribution >= 4 is 23.2 Å². The molecule has 1 aliphatic rings. The molecule has 1 atom stereocenters.